The summed E-state index contributed by atoms with van der Waals surface area (Å²) in [5.41, 5.74) is 3.62. The molecule has 0 N–H and O–H groups in total. The SMILES string of the molecule is CCCCCCCCCCc1ccc(-c2ccc3c(c2)c(=O)oc2c(F)c(CCCCCCC)ccc23)cc1. The molecule has 4 aromatic rings. The third kappa shape index (κ3) is 7.81. The van der Waals surface area contributed by atoms with Gasteiger partial charge in [0, 0.05) is 10.8 Å². The number of rotatable bonds is 16. The lowest BCUT2D eigenvalue weighted by molar-refractivity contribution is 0.521. The van der Waals surface area contributed by atoms with Crippen molar-refractivity contribution < 1.29 is 8.81 Å². The van der Waals surface area contributed by atoms with Gasteiger partial charge in [-0.15, -0.1) is 0 Å². The average Bonchev–Trinajstić information content (AvgIpc) is 2.96. The normalized spacial score (nSPS) is 11.6. The van der Waals surface area contributed by atoms with Crippen molar-refractivity contribution in [3.8, 4) is 11.1 Å². The molecule has 3 aromatic carbocycles. The zero-order valence-corrected chi connectivity index (χ0v) is 24.0. The molecular formula is C36H45FO2. The maximum absolute atomic E-state index is 15.3. The molecule has 1 heterocycles. The van der Waals surface area contributed by atoms with Crippen molar-refractivity contribution in [2.75, 3.05) is 0 Å². The van der Waals surface area contributed by atoms with E-state index in [0.29, 0.717) is 22.8 Å². The van der Waals surface area contributed by atoms with Crippen molar-refractivity contribution >= 4 is 21.7 Å². The quantitative estimate of drug-likeness (QED) is 0.0822. The molecule has 0 aliphatic rings. The van der Waals surface area contributed by atoms with E-state index in [9.17, 15) is 4.79 Å². The van der Waals surface area contributed by atoms with Crippen LogP contribution in [0.15, 0.2) is 63.8 Å². The van der Waals surface area contributed by atoms with E-state index in [2.05, 4.69) is 38.1 Å². The molecule has 0 atom stereocenters. The molecule has 208 valence electrons. The first-order valence-corrected chi connectivity index (χ1v) is 15.4. The first-order chi connectivity index (χ1) is 19.1. The van der Waals surface area contributed by atoms with Gasteiger partial charge in [0.05, 0.1) is 5.39 Å². The Kier molecular flexibility index (Phi) is 11.2. The minimum Gasteiger partial charge on any atom is -0.419 e. The second-order valence-electron chi connectivity index (χ2n) is 11.2. The highest BCUT2D eigenvalue weighted by Gasteiger charge is 2.15. The van der Waals surface area contributed by atoms with Gasteiger partial charge in [-0.25, -0.2) is 9.18 Å². The van der Waals surface area contributed by atoms with Crippen LogP contribution in [0.3, 0.4) is 0 Å². The number of aryl methyl sites for hydroxylation is 2. The van der Waals surface area contributed by atoms with Gasteiger partial charge in [-0.3, -0.25) is 0 Å². The fourth-order valence-electron chi connectivity index (χ4n) is 5.62. The summed E-state index contributed by atoms with van der Waals surface area (Å²) in [6.07, 6.45) is 18.0. The Labute approximate surface area is 233 Å². The molecule has 0 saturated heterocycles. The second kappa shape index (κ2) is 15.0. The molecule has 0 aliphatic heterocycles. The minimum atomic E-state index is -0.482. The molecule has 0 saturated carbocycles. The van der Waals surface area contributed by atoms with Crippen molar-refractivity contribution in [1.29, 1.82) is 0 Å². The van der Waals surface area contributed by atoms with Crippen molar-refractivity contribution in [3.63, 3.8) is 0 Å². The number of halogens is 1. The van der Waals surface area contributed by atoms with E-state index in [1.54, 1.807) is 0 Å². The minimum absolute atomic E-state index is 0.0802. The van der Waals surface area contributed by atoms with Crippen LogP contribution < -0.4 is 5.63 Å². The molecule has 3 heteroatoms. The predicted molar refractivity (Wildman–Crippen MR) is 164 cm³/mol. The third-order valence-electron chi connectivity index (χ3n) is 8.06. The topological polar surface area (TPSA) is 30.2 Å². The molecular weight excluding hydrogens is 483 g/mol. The molecule has 0 fully saturated rings. The van der Waals surface area contributed by atoms with Gasteiger partial charge in [-0.2, -0.15) is 0 Å². The summed E-state index contributed by atoms with van der Waals surface area (Å²) in [6, 6.07) is 18.3. The van der Waals surface area contributed by atoms with Gasteiger partial charge in [0.15, 0.2) is 11.4 Å². The molecule has 0 amide bonds. The van der Waals surface area contributed by atoms with Crippen molar-refractivity contribution in [2.45, 2.75) is 110 Å². The van der Waals surface area contributed by atoms with E-state index < -0.39 is 11.4 Å². The Morgan fingerprint density at radius 3 is 1.82 bits per heavy atom. The van der Waals surface area contributed by atoms with Gasteiger partial charge in [-0.05, 0) is 54.0 Å². The molecule has 0 bridgehead atoms. The van der Waals surface area contributed by atoms with Gasteiger partial charge in [0.2, 0.25) is 0 Å². The fourth-order valence-corrected chi connectivity index (χ4v) is 5.62. The standard InChI is InChI=1S/C36H45FO2/c1-3-5-7-9-10-11-13-14-16-27-18-20-28(21-19-27)30-23-24-31-32-25-22-29(17-15-12-8-6-4-2)34(37)35(32)39-36(38)33(31)26-30/h18-26H,3-17H2,1-2H3. The average molecular weight is 529 g/mol. The number of hydrogen-bond acceptors (Lipinski definition) is 2. The molecule has 0 unspecified atom stereocenters. The molecule has 1 aromatic heterocycles. The van der Waals surface area contributed by atoms with Crippen LogP contribution >= 0.6 is 0 Å². The van der Waals surface area contributed by atoms with Gasteiger partial charge in [0.1, 0.15) is 0 Å². The molecule has 0 spiro atoms. The molecule has 39 heavy (non-hydrogen) atoms. The van der Waals surface area contributed by atoms with E-state index in [0.717, 1.165) is 35.8 Å². The third-order valence-corrected chi connectivity index (χ3v) is 8.06. The summed E-state index contributed by atoms with van der Waals surface area (Å²) in [5.74, 6) is -0.391. The highest BCUT2D eigenvalue weighted by Crippen LogP contribution is 2.31. The van der Waals surface area contributed by atoms with Gasteiger partial charge in [0.25, 0.3) is 0 Å². The van der Waals surface area contributed by atoms with Gasteiger partial charge >= 0.3 is 5.63 Å². The van der Waals surface area contributed by atoms with E-state index in [1.165, 1.54) is 76.2 Å². The van der Waals surface area contributed by atoms with Crippen molar-refractivity contribution in [1.82, 2.24) is 0 Å². The lowest BCUT2D eigenvalue weighted by atomic mass is 9.97. The van der Waals surface area contributed by atoms with Crippen LogP contribution in [0.2, 0.25) is 0 Å². The first-order valence-electron chi connectivity index (χ1n) is 15.4. The summed E-state index contributed by atoms with van der Waals surface area (Å²) in [7, 11) is 0. The predicted octanol–water partition coefficient (Wildman–Crippen LogP) is 10.9. The Balaban J connectivity index is 1.42. The Morgan fingerprint density at radius 2 is 1.15 bits per heavy atom. The summed E-state index contributed by atoms with van der Waals surface area (Å²) >= 11 is 0. The molecule has 2 nitrogen and oxygen atoms in total. The smallest absolute Gasteiger partial charge is 0.344 e. The fraction of sp³-hybridized carbons (Fsp3) is 0.472. The first kappa shape index (κ1) is 29.1. The number of hydrogen-bond donors (Lipinski definition) is 0. The monoisotopic (exact) mass is 528 g/mol. The van der Waals surface area contributed by atoms with Crippen LogP contribution in [0, 0.1) is 5.82 Å². The summed E-state index contributed by atoms with van der Waals surface area (Å²) in [6.45, 7) is 4.45. The highest BCUT2D eigenvalue weighted by atomic mass is 19.1. The number of fused-ring (bicyclic) bond motifs is 3. The zero-order chi connectivity index (χ0) is 27.5. The van der Waals surface area contributed by atoms with E-state index in [-0.39, 0.29) is 5.58 Å². The number of benzene rings is 3. The maximum Gasteiger partial charge on any atom is 0.344 e. The van der Waals surface area contributed by atoms with Crippen LogP contribution in [0.5, 0.6) is 0 Å². The number of unbranched alkanes of at least 4 members (excludes halogenated alkanes) is 11. The summed E-state index contributed by atoms with van der Waals surface area (Å²) in [4.78, 5) is 12.9. The maximum atomic E-state index is 15.3. The molecule has 4 rings (SSSR count). The Bertz CT molecular complexity index is 1380. The van der Waals surface area contributed by atoms with Crippen molar-refractivity contribution in [2.24, 2.45) is 0 Å². The van der Waals surface area contributed by atoms with E-state index >= 15 is 4.39 Å². The van der Waals surface area contributed by atoms with E-state index in [4.69, 9.17) is 4.42 Å². The lowest BCUT2D eigenvalue weighted by Crippen LogP contribution is -2.03. The van der Waals surface area contributed by atoms with Gasteiger partial charge < -0.3 is 4.42 Å². The van der Waals surface area contributed by atoms with Crippen LogP contribution in [-0.2, 0) is 12.8 Å². The zero-order valence-electron chi connectivity index (χ0n) is 24.0. The van der Waals surface area contributed by atoms with Crippen LogP contribution in [0.4, 0.5) is 4.39 Å². The highest BCUT2D eigenvalue weighted by molar-refractivity contribution is 6.05. The molecule has 0 aliphatic carbocycles. The van der Waals surface area contributed by atoms with Gasteiger partial charge in [-0.1, -0.05) is 133 Å². The van der Waals surface area contributed by atoms with E-state index in [1.807, 2.05) is 30.3 Å². The Hall–Kier alpha value is -2.94. The second-order valence-corrected chi connectivity index (χ2v) is 11.2. The van der Waals surface area contributed by atoms with Crippen LogP contribution in [-0.4, -0.2) is 0 Å². The van der Waals surface area contributed by atoms with Crippen LogP contribution in [0.1, 0.15) is 108 Å². The largest absolute Gasteiger partial charge is 0.419 e. The molecule has 0 radical (unpaired) electrons. The lowest BCUT2D eigenvalue weighted by Gasteiger charge is -2.10. The summed E-state index contributed by atoms with van der Waals surface area (Å²) in [5, 5.41) is 1.89. The Morgan fingerprint density at radius 1 is 0.590 bits per heavy atom. The summed E-state index contributed by atoms with van der Waals surface area (Å²) < 4.78 is 20.9. The van der Waals surface area contributed by atoms with Crippen LogP contribution in [0.25, 0.3) is 32.9 Å². The van der Waals surface area contributed by atoms with Crippen molar-refractivity contribution in [3.05, 3.63) is 82.0 Å².